The average molecular weight is 290 g/mol. The van der Waals surface area contributed by atoms with E-state index in [1.807, 2.05) is 0 Å². The van der Waals surface area contributed by atoms with Crippen molar-refractivity contribution < 1.29 is 4.74 Å². The fraction of sp³-hybridized carbons (Fsp3) is 0.667. The molecule has 0 saturated carbocycles. The molecule has 0 aliphatic carbocycles. The number of hydrogen-bond donors (Lipinski definition) is 1. The predicted octanol–water partition coefficient (Wildman–Crippen LogP) is 2.75. The van der Waals surface area contributed by atoms with Crippen LogP contribution in [0.3, 0.4) is 0 Å². The molecule has 3 nitrogen and oxygen atoms in total. The molecular weight excluding hydrogens is 260 g/mol. The number of nitrogens with one attached hydrogen (secondary N) is 1. The molecule has 1 saturated heterocycles. The van der Waals surface area contributed by atoms with Crippen LogP contribution in [-0.4, -0.2) is 43.8 Å². The van der Waals surface area contributed by atoms with Crippen LogP contribution in [0.1, 0.15) is 30.5 Å². The van der Waals surface area contributed by atoms with E-state index in [-0.39, 0.29) is 0 Å². The van der Waals surface area contributed by atoms with Crippen molar-refractivity contribution in [3.05, 3.63) is 34.9 Å². The molecule has 0 radical (unpaired) electrons. The van der Waals surface area contributed by atoms with Crippen LogP contribution in [0.25, 0.3) is 0 Å². The summed E-state index contributed by atoms with van der Waals surface area (Å²) >= 11 is 0. The second kappa shape index (κ2) is 7.92. The Hall–Kier alpha value is -0.900. The molecule has 1 atom stereocenters. The van der Waals surface area contributed by atoms with Crippen LogP contribution in [0.15, 0.2) is 18.2 Å². The van der Waals surface area contributed by atoms with E-state index < -0.39 is 0 Å². The zero-order valence-corrected chi connectivity index (χ0v) is 14.0. The minimum atomic E-state index is 0.322. The highest BCUT2D eigenvalue weighted by Crippen LogP contribution is 2.12. The van der Waals surface area contributed by atoms with E-state index in [1.54, 1.807) is 0 Å². The van der Waals surface area contributed by atoms with E-state index in [9.17, 15) is 0 Å². The summed E-state index contributed by atoms with van der Waals surface area (Å²) in [7, 11) is 0. The fourth-order valence-electron chi connectivity index (χ4n) is 2.96. The number of hydrogen-bond acceptors (Lipinski definition) is 3. The van der Waals surface area contributed by atoms with Gasteiger partial charge in [-0.3, -0.25) is 4.90 Å². The third kappa shape index (κ3) is 5.10. The first-order chi connectivity index (χ1) is 10.1. The Bertz CT molecular complexity index is 445. The van der Waals surface area contributed by atoms with E-state index >= 15 is 0 Å². The van der Waals surface area contributed by atoms with Gasteiger partial charge in [-0.15, -0.1) is 0 Å². The summed E-state index contributed by atoms with van der Waals surface area (Å²) in [5, 5.41) is 3.56. The van der Waals surface area contributed by atoms with Crippen LogP contribution in [0.4, 0.5) is 0 Å². The SMILES string of the molecule is Cc1cccc(CNCC2CN(CC(C)C)CCO2)c1C. The van der Waals surface area contributed by atoms with Crippen LogP contribution < -0.4 is 5.32 Å². The maximum absolute atomic E-state index is 5.88. The maximum Gasteiger partial charge on any atom is 0.0826 e. The molecule has 0 amide bonds. The molecule has 118 valence electrons. The van der Waals surface area contributed by atoms with Crippen molar-refractivity contribution >= 4 is 0 Å². The molecule has 1 aromatic rings. The summed E-state index contributed by atoms with van der Waals surface area (Å²) < 4.78 is 5.88. The van der Waals surface area contributed by atoms with Crippen molar-refractivity contribution in [1.82, 2.24) is 10.2 Å². The van der Waals surface area contributed by atoms with Crippen LogP contribution in [0, 0.1) is 19.8 Å². The minimum absolute atomic E-state index is 0.322. The standard InChI is InChI=1S/C18H30N2O/c1-14(2)12-20-8-9-21-18(13-20)11-19-10-17-7-5-6-15(3)16(17)4/h5-7,14,18-19H,8-13H2,1-4H3. The molecule has 21 heavy (non-hydrogen) atoms. The Balaban J connectivity index is 1.76. The van der Waals surface area contributed by atoms with Gasteiger partial charge in [-0.1, -0.05) is 32.0 Å². The Morgan fingerprint density at radius 3 is 2.90 bits per heavy atom. The topological polar surface area (TPSA) is 24.5 Å². The van der Waals surface area contributed by atoms with Crippen LogP contribution in [0.2, 0.25) is 0 Å². The monoisotopic (exact) mass is 290 g/mol. The summed E-state index contributed by atoms with van der Waals surface area (Å²) in [4.78, 5) is 2.53. The number of ether oxygens (including phenoxy) is 1. The van der Waals surface area contributed by atoms with E-state index in [0.717, 1.165) is 38.7 Å². The lowest BCUT2D eigenvalue weighted by Crippen LogP contribution is -2.47. The van der Waals surface area contributed by atoms with Gasteiger partial charge in [0.2, 0.25) is 0 Å². The smallest absolute Gasteiger partial charge is 0.0826 e. The van der Waals surface area contributed by atoms with Crippen LogP contribution >= 0.6 is 0 Å². The first-order valence-corrected chi connectivity index (χ1v) is 8.16. The number of rotatable bonds is 6. The van der Waals surface area contributed by atoms with Crippen molar-refractivity contribution in [1.29, 1.82) is 0 Å². The van der Waals surface area contributed by atoms with E-state index in [0.29, 0.717) is 6.10 Å². The lowest BCUT2D eigenvalue weighted by atomic mass is 10.0. The molecule has 1 aliphatic rings. The highest BCUT2D eigenvalue weighted by molar-refractivity contribution is 5.32. The highest BCUT2D eigenvalue weighted by atomic mass is 16.5. The summed E-state index contributed by atoms with van der Waals surface area (Å²) in [6.45, 7) is 15.0. The highest BCUT2D eigenvalue weighted by Gasteiger charge is 2.20. The first-order valence-electron chi connectivity index (χ1n) is 8.16. The predicted molar refractivity (Wildman–Crippen MR) is 88.6 cm³/mol. The zero-order chi connectivity index (χ0) is 15.2. The van der Waals surface area contributed by atoms with Gasteiger partial charge in [0.05, 0.1) is 12.7 Å². The third-order valence-corrected chi connectivity index (χ3v) is 4.25. The second-order valence-electron chi connectivity index (χ2n) is 6.64. The number of aryl methyl sites for hydroxylation is 1. The van der Waals surface area contributed by atoms with E-state index in [2.05, 4.69) is 56.1 Å². The molecule has 0 bridgehead atoms. The van der Waals surface area contributed by atoms with Gasteiger partial charge in [-0.05, 0) is 36.5 Å². The van der Waals surface area contributed by atoms with Gasteiger partial charge in [0.25, 0.3) is 0 Å². The molecule has 1 unspecified atom stereocenters. The molecule has 3 heteroatoms. The van der Waals surface area contributed by atoms with Crippen LogP contribution in [-0.2, 0) is 11.3 Å². The fourth-order valence-corrected chi connectivity index (χ4v) is 2.96. The van der Waals surface area contributed by atoms with Gasteiger partial charge in [0, 0.05) is 32.7 Å². The Morgan fingerprint density at radius 2 is 2.14 bits per heavy atom. The van der Waals surface area contributed by atoms with Gasteiger partial charge < -0.3 is 10.1 Å². The molecule has 1 aromatic carbocycles. The largest absolute Gasteiger partial charge is 0.374 e. The average Bonchev–Trinajstić information content (AvgIpc) is 2.43. The number of benzene rings is 1. The van der Waals surface area contributed by atoms with E-state index in [1.165, 1.54) is 23.2 Å². The van der Waals surface area contributed by atoms with Gasteiger partial charge in [-0.2, -0.15) is 0 Å². The van der Waals surface area contributed by atoms with Gasteiger partial charge in [0.15, 0.2) is 0 Å². The van der Waals surface area contributed by atoms with E-state index in [4.69, 9.17) is 4.74 Å². The summed E-state index contributed by atoms with van der Waals surface area (Å²) in [6, 6.07) is 6.52. The molecule has 1 N–H and O–H groups in total. The zero-order valence-electron chi connectivity index (χ0n) is 14.0. The normalized spacial score (nSPS) is 20.1. The maximum atomic E-state index is 5.88. The van der Waals surface area contributed by atoms with Gasteiger partial charge in [0.1, 0.15) is 0 Å². The molecule has 2 rings (SSSR count). The van der Waals surface area contributed by atoms with Crippen molar-refractivity contribution in [3.63, 3.8) is 0 Å². The molecule has 1 fully saturated rings. The molecule has 0 spiro atoms. The minimum Gasteiger partial charge on any atom is -0.374 e. The lowest BCUT2D eigenvalue weighted by Gasteiger charge is -2.34. The summed E-state index contributed by atoms with van der Waals surface area (Å²) in [6.07, 6.45) is 0.322. The number of nitrogens with zero attached hydrogens (tertiary/aromatic N) is 1. The molecule has 1 heterocycles. The number of morpholine rings is 1. The quantitative estimate of drug-likeness (QED) is 0.872. The summed E-state index contributed by atoms with van der Waals surface area (Å²) in [5.74, 6) is 0.728. The molecule has 0 aromatic heterocycles. The lowest BCUT2D eigenvalue weighted by molar-refractivity contribution is -0.0303. The van der Waals surface area contributed by atoms with Crippen molar-refractivity contribution in [3.8, 4) is 0 Å². The van der Waals surface area contributed by atoms with Gasteiger partial charge >= 0.3 is 0 Å². The Morgan fingerprint density at radius 1 is 1.33 bits per heavy atom. The van der Waals surface area contributed by atoms with Crippen molar-refractivity contribution in [2.75, 3.05) is 32.8 Å². The third-order valence-electron chi connectivity index (χ3n) is 4.25. The van der Waals surface area contributed by atoms with Crippen molar-refractivity contribution in [2.45, 2.75) is 40.3 Å². The Kier molecular flexibility index (Phi) is 6.22. The summed E-state index contributed by atoms with van der Waals surface area (Å²) in [5.41, 5.74) is 4.16. The van der Waals surface area contributed by atoms with Crippen LogP contribution in [0.5, 0.6) is 0 Å². The first kappa shape index (κ1) is 16.5. The second-order valence-corrected chi connectivity index (χ2v) is 6.64. The van der Waals surface area contributed by atoms with Gasteiger partial charge in [-0.25, -0.2) is 0 Å². The molecular formula is C18H30N2O. The molecule has 1 aliphatic heterocycles. The Labute approximate surface area is 129 Å². The van der Waals surface area contributed by atoms with Crippen molar-refractivity contribution in [2.24, 2.45) is 5.92 Å².